The van der Waals surface area contributed by atoms with Gasteiger partial charge in [-0.05, 0) is 18.6 Å². The number of benzene rings is 1. The predicted octanol–water partition coefficient (Wildman–Crippen LogP) is 2.02. The molecular weight excluding hydrogens is 234 g/mol. The number of nitrogens with zero attached hydrogens (tertiary/aromatic N) is 3. The Morgan fingerprint density at radius 1 is 1.39 bits per heavy atom. The monoisotopic (exact) mass is 245 g/mol. The van der Waals surface area contributed by atoms with Gasteiger partial charge in [-0.3, -0.25) is 10.1 Å². The maximum atomic E-state index is 10.9. The number of nitrogens with one attached hydrogen (secondary N) is 1. The van der Waals surface area contributed by atoms with Crippen molar-refractivity contribution in [3.8, 4) is 0 Å². The van der Waals surface area contributed by atoms with E-state index in [0.29, 0.717) is 0 Å². The second kappa shape index (κ2) is 4.66. The van der Waals surface area contributed by atoms with Crippen molar-refractivity contribution in [2.45, 2.75) is 6.92 Å². The summed E-state index contributed by atoms with van der Waals surface area (Å²) in [6.45, 7) is 1.89. The first-order valence-corrected chi connectivity index (χ1v) is 5.17. The fourth-order valence-electron chi connectivity index (χ4n) is 1.46. The van der Waals surface area contributed by atoms with Crippen molar-refractivity contribution >= 4 is 23.1 Å². The fourth-order valence-corrected chi connectivity index (χ4v) is 1.46. The topological polar surface area (TPSA) is 107 Å². The molecule has 0 fully saturated rings. The van der Waals surface area contributed by atoms with Crippen molar-refractivity contribution in [3.05, 3.63) is 46.1 Å². The third-order valence-electron chi connectivity index (χ3n) is 2.38. The standard InChI is InChI=1S/C11H11N5O2/c1-7-4-2-3-5-8(7)14-10-9(16(17)18)6-13-11(12)15-10/h2-6H,1H3,(H3,12,13,14,15). The number of nitrogens with two attached hydrogens (primary N) is 1. The van der Waals surface area contributed by atoms with Crippen LogP contribution in [0.15, 0.2) is 30.5 Å². The van der Waals surface area contributed by atoms with E-state index >= 15 is 0 Å². The minimum Gasteiger partial charge on any atom is -0.368 e. The van der Waals surface area contributed by atoms with Gasteiger partial charge in [0.15, 0.2) is 0 Å². The molecule has 0 saturated heterocycles. The highest BCUT2D eigenvalue weighted by Crippen LogP contribution is 2.26. The third kappa shape index (κ3) is 2.34. The molecule has 0 amide bonds. The van der Waals surface area contributed by atoms with Crippen molar-refractivity contribution in [2.75, 3.05) is 11.1 Å². The predicted molar refractivity (Wildman–Crippen MR) is 67.6 cm³/mol. The molecule has 0 unspecified atom stereocenters. The van der Waals surface area contributed by atoms with E-state index in [-0.39, 0.29) is 17.5 Å². The van der Waals surface area contributed by atoms with Gasteiger partial charge in [0, 0.05) is 5.69 Å². The van der Waals surface area contributed by atoms with Gasteiger partial charge < -0.3 is 11.1 Å². The van der Waals surface area contributed by atoms with Crippen LogP contribution in [0.3, 0.4) is 0 Å². The molecule has 0 aliphatic rings. The average molecular weight is 245 g/mol. The zero-order valence-electron chi connectivity index (χ0n) is 9.62. The number of para-hydroxylation sites is 1. The average Bonchev–Trinajstić information content (AvgIpc) is 2.32. The molecule has 0 saturated carbocycles. The van der Waals surface area contributed by atoms with Crippen molar-refractivity contribution in [3.63, 3.8) is 0 Å². The summed E-state index contributed by atoms with van der Waals surface area (Å²) in [5.41, 5.74) is 6.90. The lowest BCUT2D eigenvalue weighted by Gasteiger charge is -2.08. The van der Waals surface area contributed by atoms with Crippen LogP contribution in [-0.4, -0.2) is 14.9 Å². The lowest BCUT2D eigenvalue weighted by molar-refractivity contribution is -0.384. The van der Waals surface area contributed by atoms with Gasteiger partial charge in [0.2, 0.25) is 11.8 Å². The summed E-state index contributed by atoms with van der Waals surface area (Å²) in [6, 6.07) is 7.39. The van der Waals surface area contributed by atoms with Crippen molar-refractivity contribution in [1.29, 1.82) is 0 Å². The number of nitro groups is 1. The summed E-state index contributed by atoms with van der Waals surface area (Å²) in [4.78, 5) is 17.8. The van der Waals surface area contributed by atoms with Gasteiger partial charge in [-0.2, -0.15) is 4.98 Å². The largest absolute Gasteiger partial charge is 0.368 e. The zero-order valence-corrected chi connectivity index (χ0v) is 9.62. The molecule has 7 heteroatoms. The van der Waals surface area contributed by atoms with Gasteiger partial charge in [-0.25, -0.2) is 4.98 Å². The second-order valence-electron chi connectivity index (χ2n) is 3.66. The van der Waals surface area contributed by atoms with Gasteiger partial charge >= 0.3 is 5.69 Å². The van der Waals surface area contributed by atoms with E-state index in [1.165, 1.54) is 0 Å². The maximum absolute atomic E-state index is 10.9. The van der Waals surface area contributed by atoms with E-state index < -0.39 is 4.92 Å². The number of aromatic nitrogens is 2. The normalized spacial score (nSPS) is 10.1. The summed E-state index contributed by atoms with van der Waals surface area (Å²) < 4.78 is 0. The number of nitrogen functional groups attached to an aromatic ring is 1. The van der Waals surface area contributed by atoms with Crippen molar-refractivity contribution < 1.29 is 4.92 Å². The lowest BCUT2D eigenvalue weighted by Crippen LogP contribution is -2.04. The number of rotatable bonds is 3. The van der Waals surface area contributed by atoms with Crippen molar-refractivity contribution in [2.24, 2.45) is 0 Å². The highest BCUT2D eigenvalue weighted by atomic mass is 16.6. The second-order valence-corrected chi connectivity index (χ2v) is 3.66. The molecule has 92 valence electrons. The molecule has 0 radical (unpaired) electrons. The van der Waals surface area contributed by atoms with E-state index in [0.717, 1.165) is 17.4 Å². The molecule has 0 aliphatic carbocycles. The highest BCUT2D eigenvalue weighted by molar-refractivity contribution is 5.67. The molecule has 1 aromatic carbocycles. The van der Waals surface area contributed by atoms with Crippen LogP contribution in [0.5, 0.6) is 0 Å². The molecule has 2 rings (SSSR count). The Labute approximate surface area is 103 Å². The van der Waals surface area contributed by atoms with E-state index in [1.54, 1.807) is 6.07 Å². The Bertz CT molecular complexity index is 600. The first-order chi connectivity index (χ1) is 8.58. The summed E-state index contributed by atoms with van der Waals surface area (Å²) in [5, 5.41) is 13.7. The SMILES string of the molecule is Cc1ccccc1Nc1nc(N)ncc1[N+](=O)[O-]. The summed E-state index contributed by atoms with van der Waals surface area (Å²) in [6.07, 6.45) is 1.09. The zero-order chi connectivity index (χ0) is 13.1. The maximum Gasteiger partial charge on any atom is 0.329 e. The molecule has 0 atom stereocenters. The molecule has 0 spiro atoms. The minimum atomic E-state index is -0.556. The molecule has 2 aromatic rings. The van der Waals surface area contributed by atoms with Crippen LogP contribution >= 0.6 is 0 Å². The van der Waals surface area contributed by atoms with E-state index in [2.05, 4.69) is 15.3 Å². The Morgan fingerprint density at radius 2 is 2.11 bits per heavy atom. The van der Waals surface area contributed by atoms with Gasteiger partial charge in [0.25, 0.3) is 0 Å². The van der Waals surface area contributed by atoms with Gasteiger partial charge in [0.1, 0.15) is 6.20 Å². The van der Waals surface area contributed by atoms with Crippen LogP contribution in [0.2, 0.25) is 0 Å². The number of aryl methyl sites for hydroxylation is 1. The van der Waals surface area contributed by atoms with Crippen LogP contribution in [0.25, 0.3) is 0 Å². The van der Waals surface area contributed by atoms with Crippen LogP contribution in [0.4, 0.5) is 23.1 Å². The number of hydrogen-bond acceptors (Lipinski definition) is 6. The lowest BCUT2D eigenvalue weighted by atomic mass is 10.2. The summed E-state index contributed by atoms with van der Waals surface area (Å²) >= 11 is 0. The van der Waals surface area contributed by atoms with Gasteiger partial charge in [-0.1, -0.05) is 18.2 Å². The first kappa shape index (κ1) is 11.8. The summed E-state index contributed by atoms with van der Waals surface area (Å²) in [7, 11) is 0. The third-order valence-corrected chi connectivity index (χ3v) is 2.38. The molecule has 0 aliphatic heterocycles. The highest BCUT2D eigenvalue weighted by Gasteiger charge is 2.17. The molecule has 3 N–H and O–H groups in total. The van der Waals surface area contributed by atoms with E-state index in [4.69, 9.17) is 5.73 Å². The van der Waals surface area contributed by atoms with Gasteiger partial charge in [0.05, 0.1) is 4.92 Å². The Morgan fingerprint density at radius 3 is 2.78 bits per heavy atom. The van der Waals surface area contributed by atoms with Crippen molar-refractivity contribution in [1.82, 2.24) is 9.97 Å². The van der Waals surface area contributed by atoms with E-state index in [1.807, 2.05) is 25.1 Å². The van der Waals surface area contributed by atoms with E-state index in [9.17, 15) is 10.1 Å². The number of anilines is 3. The van der Waals surface area contributed by atoms with Crippen LogP contribution < -0.4 is 11.1 Å². The van der Waals surface area contributed by atoms with Crippen LogP contribution in [-0.2, 0) is 0 Å². The molecule has 7 nitrogen and oxygen atoms in total. The molecular formula is C11H11N5O2. The first-order valence-electron chi connectivity index (χ1n) is 5.17. The molecule has 18 heavy (non-hydrogen) atoms. The van der Waals surface area contributed by atoms with Crippen LogP contribution in [0, 0.1) is 17.0 Å². The van der Waals surface area contributed by atoms with Gasteiger partial charge in [-0.15, -0.1) is 0 Å². The van der Waals surface area contributed by atoms with Crippen LogP contribution in [0.1, 0.15) is 5.56 Å². The quantitative estimate of drug-likeness (QED) is 0.632. The number of hydrogen-bond donors (Lipinski definition) is 2. The Hall–Kier alpha value is -2.70. The fraction of sp³-hybridized carbons (Fsp3) is 0.0909. The Kier molecular flexibility index (Phi) is 3.05. The minimum absolute atomic E-state index is 0.0170. The molecule has 1 aromatic heterocycles. The Balaban J connectivity index is 2.42. The summed E-state index contributed by atoms with van der Waals surface area (Å²) in [5.74, 6) is 0.0680. The smallest absolute Gasteiger partial charge is 0.329 e. The molecule has 0 bridgehead atoms. The molecule has 1 heterocycles.